The van der Waals surface area contributed by atoms with Gasteiger partial charge in [0.05, 0.1) is 23.9 Å². The van der Waals surface area contributed by atoms with Crippen LogP contribution in [-0.2, 0) is 11.3 Å². The monoisotopic (exact) mass is 316 g/mol. The highest BCUT2D eigenvalue weighted by molar-refractivity contribution is 9.10. The molecule has 0 aliphatic rings. The summed E-state index contributed by atoms with van der Waals surface area (Å²) < 4.78 is 5.33. The molecule has 0 saturated heterocycles. The first-order valence-corrected chi connectivity index (χ1v) is 6.34. The van der Waals surface area contributed by atoms with Crippen molar-refractivity contribution in [2.24, 2.45) is 0 Å². The number of halogens is 1. The second kappa shape index (κ2) is 4.67. The number of rotatable bonds is 2. The number of fused-ring (bicyclic) bond motifs is 1. The van der Waals surface area contributed by atoms with Crippen LogP contribution in [0, 0.1) is 6.92 Å². The minimum Gasteiger partial charge on any atom is -0.465 e. The number of esters is 1. The number of hydrogen-bond donors (Lipinski definition) is 1. The molecule has 2 heterocycles. The normalized spacial score (nSPS) is 10.8. The Morgan fingerprint density at radius 2 is 2.24 bits per heavy atom. The molecule has 0 radical (unpaired) electrons. The lowest BCUT2D eigenvalue weighted by Gasteiger charge is -2.01. The van der Waals surface area contributed by atoms with Gasteiger partial charge in [-0.15, -0.1) is 16.4 Å². The Labute approximate surface area is 110 Å². The molecule has 2 rings (SSSR count). The average Bonchev–Trinajstić information content (AvgIpc) is 2.67. The molecule has 1 N–H and O–H groups in total. The van der Waals surface area contributed by atoms with Gasteiger partial charge >= 0.3 is 5.97 Å². The Morgan fingerprint density at radius 1 is 1.53 bits per heavy atom. The van der Waals surface area contributed by atoms with Crippen LogP contribution in [0.4, 0.5) is 0 Å². The number of methoxy groups -OCH3 is 1. The van der Waals surface area contributed by atoms with E-state index >= 15 is 0 Å². The van der Waals surface area contributed by atoms with E-state index in [1.807, 2.05) is 6.92 Å². The highest BCUT2D eigenvalue weighted by Crippen LogP contribution is 2.37. The van der Waals surface area contributed by atoms with E-state index in [2.05, 4.69) is 30.9 Å². The molecule has 0 aliphatic carbocycles. The van der Waals surface area contributed by atoms with Crippen LogP contribution in [0.25, 0.3) is 10.2 Å². The number of thiophene rings is 1. The molecule has 90 valence electrons. The second-order valence-electron chi connectivity index (χ2n) is 3.35. The van der Waals surface area contributed by atoms with Crippen molar-refractivity contribution < 1.29 is 14.6 Å². The van der Waals surface area contributed by atoms with E-state index in [1.165, 1.54) is 18.4 Å². The fourth-order valence-corrected chi connectivity index (χ4v) is 3.51. The molecule has 5 nitrogen and oxygen atoms in total. The van der Waals surface area contributed by atoms with E-state index in [0.29, 0.717) is 19.9 Å². The van der Waals surface area contributed by atoms with Gasteiger partial charge in [-0.1, -0.05) is 0 Å². The molecule has 2 aromatic rings. The molecular formula is C10H9BrN2O3S. The fourth-order valence-electron chi connectivity index (χ4n) is 1.49. The molecule has 7 heteroatoms. The van der Waals surface area contributed by atoms with Crippen molar-refractivity contribution >= 4 is 43.5 Å². The SMILES string of the molecule is COC(=O)c1sc2nnc(CO)c(C)c2c1Br. The number of aromatic nitrogens is 2. The molecule has 2 aromatic heterocycles. The molecule has 0 atom stereocenters. The first-order chi connectivity index (χ1) is 8.10. The molecule has 0 spiro atoms. The molecule has 0 aromatic carbocycles. The Morgan fingerprint density at radius 3 is 2.82 bits per heavy atom. The van der Waals surface area contributed by atoms with Crippen molar-refractivity contribution in [2.45, 2.75) is 13.5 Å². The van der Waals surface area contributed by atoms with Crippen LogP contribution in [0.2, 0.25) is 0 Å². The summed E-state index contributed by atoms with van der Waals surface area (Å²) in [5, 5.41) is 17.8. The van der Waals surface area contributed by atoms with E-state index in [0.717, 1.165) is 10.9 Å². The average molecular weight is 317 g/mol. The first kappa shape index (κ1) is 12.4. The van der Waals surface area contributed by atoms with Gasteiger partial charge in [-0.25, -0.2) is 4.79 Å². The standard InChI is InChI=1S/C10H9BrN2O3S/c1-4-5(3-14)12-13-9-6(4)7(11)8(17-9)10(15)16-2/h14H,3H2,1-2H3. The predicted molar refractivity (Wildman–Crippen MR) is 67.1 cm³/mol. The summed E-state index contributed by atoms with van der Waals surface area (Å²) in [5.41, 5.74) is 1.32. The van der Waals surface area contributed by atoms with Gasteiger partial charge in [-0.2, -0.15) is 5.10 Å². The van der Waals surface area contributed by atoms with E-state index in [9.17, 15) is 4.79 Å². The zero-order valence-corrected chi connectivity index (χ0v) is 11.6. The largest absolute Gasteiger partial charge is 0.465 e. The summed E-state index contributed by atoms with van der Waals surface area (Å²) in [4.78, 5) is 12.6. The number of carbonyl (C=O) groups excluding carboxylic acids is 1. The summed E-state index contributed by atoms with van der Waals surface area (Å²) >= 11 is 4.58. The van der Waals surface area contributed by atoms with Gasteiger partial charge < -0.3 is 9.84 Å². The van der Waals surface area contributed by atoms with Gasteiger partial charge in [-0.05, 0) is 28.4 Å². The van der Waals surface area contributed by atoms with Crippen LogP contribution in [0.3, 0.4) is 0 Å². The molecule has 17 heavy (non-hydrogen) atoms. The number of carbonyl (C=O) groups is 1. The number of nitrogens with zero attached hydrogens (tertiary/aromatic N) is 2. The van der Waals surface area contributed by atoms with Crippen molar-refractivity contribution in [3.8, 4) is 0 Å². The number of aliphatic hydroxyl groups is 1. The van der Waals surface area contributed by atoms with E-state index in [4.69, 9.17) is 5.11 Å². The van der Waals surface area contributed by atoms with Crippen molar-refractivity contribution in [1.82, 2.24) is 10.2 Å². The zero-order chi connectivity index (χ0) is 12.6. The third-order valence-corrected chi connectivity index (χ3v) is 4.53. The Kier molecular flexibility index (Phi) is 3.41. The van der Waals surface area contributed by atoms with Gasteiger partial charge in [-0.3, -0.25) is 0 Å². The molecule has 0 unspecified atom stereocenters. The third-order valence-electron chi connectivity index (χ3n) is 2.42. The lowest BCUT2D eigenvalue weighted by atomic mass is 10.1. The molecule has 0 fully saturated rings. The maximum Gasteiger partial charge on any atom is 0.349 e. The molecule has 0 aliphatic heterocycles. The third kappa shape index (κ3) is 1.94. The summed E-state index contributed by atoms with van der Waals surface area (Å²) in [6.45, 7) is 1.66. The minimum atomic E-state index is -0.412. The van der Waals surface area contributed by atoms with E-state index < -0.39 is 5.97 Å². The second-order valence-corrected chi connectivity index (χ2v) is 5.14. The molecule has 0 amide bonds. The van der Waals surface area contributed by atoms with Gasteiger partial charge in [0.2, 0.25) is 0 Å². The van der Waals surface area contributed by atoms with Crippen LogP contribution in [-0.4, -0.2) is 28.4 Å². The summed E-state index contributed by atoms with van der Waals surface area (Å²) in [5.74, 6) is -0.412. The fraction of sp³-hybridized carbons (Fsp3) is 0.300. The number of aryl methyl sites for hydroxylation is 1. The number of ether oxygens (including phenoxy) is 1. The first-order valence-electron chi connectivity index (χ1n) is 4.73. The van der Waals surface area contributed by atoms with Crippen LogP contribution in [0.1, 0.15) is 20.9 Å². The van der Waals surface area contributed by atoms with Crippen molar-refractivity contribution in [2.75, 3.05) is 7.11 Å². The molecule has 0 saturated carbocycles. The number of aliphatic hydroxyl groups excluding tert-OH is 1. The van der Waals surface area contributed by atoms with Gasteiger partial charge in [0, 0.05) is 5.39 Å². The van der Waals surface area contributed by atoms with Crippen LogP contribution >= 0.6 is 27.3 Å². The molecular weight excluding hydrogens is 308 g/mol. The highest BCUT2D eigenvalue weighted by Gasteiger charge is 2.20. The highest BCUT2D eigenvalue weighted by atomic mass is 79.9. The van der Waals surface area contributed by atoms with Crippen molar-refractivity contribution in [1.29, 1.82) is 0 Å². The van der Waals surface area contributed by atoms with Gasteiger partial charge in [0.1, 0.15) is 9.71 Å². The van der Waals surface area contributed by atoms with Crippen LogP contribution in [0.5, 0.6) is 0 Å². The summed E-state index contributed by atoms with van der Waals surface area (Å²) in [6.07, 6.45) is 0. The lowest BCUT2D eigenvalue weighted by Crippen LogP contribution is -1.98. The number of hydrogen-bond acceptors (Lipinski definition) is 6. The zero-order valence-electron chi connectivity index (χ0n) is 9.15. The van der Waals surface area contributed by atoms with E-state index in [-0.39, 0.29) is 6.61 Å². The lowest BCUT2D eigenvalue weighted by molar-refractivity contribution is 0.0605. The quantitative estimate of drug-likeness (QED) is 0.858. The topological polar surface area (TPSA) is 72.3 Å². The van der Waals surface area contributed by atoms with Gasteiger partial charge in [0.15, 0.2) is 0 Å². The maximum atomic E-state index is 11.5. The minimum absolute atomic E-state index is 0.176. The Bertz CT molecular complexity index is 597. The summed E-state index contributed by atoms with van der Waals surface area (Å²) in [7, 11) is 1.33. The van der Waals surface area contributed by atoms with Crippen molar-refractivity contribution in [3.63, 3.8) is 0 Å². The Hall–Kier alpha value is -1.05. The van der Waals surface area contributed by atoms with Gasteiger partial charge in [0.25, 0.3) is 0 Å². The molecule has 0 bridgehead atoms. The van der Waals surface area contributed by atoms with Crippen LogP contribution < -0.4 is 0 Å². The van der Waals surface area contributed by atoms with E-state index in [1.54, 1.807) is 0 Å². The maximum absolute atomic E-state index is 11.5. The van der Waals surface area contributed by atoms with Crippen molar-refractivity contribution in [3.05, 3.63) is 20.6 Å². The Balaban J connectivity index is 2.75. The smallest absolute Gasteiger partial charge is 0.349 e. The summed E-state index contributed by atoms with van der Waals surface area (Å²) in [6, 6.07) is 0. The van der Waals surface area contributed by atoms with Crippen LogP contribution in [0.15, 0.2) is 4.47 Å². The predicted octanol–water partition coefficient (Wildman–Crippen LogP) is 2.04.